The van der Waals surface area contributed by atoms with Crippen molar-refractivity contribution >= 4 is 17.9 Å². The number of hydrogen-bond donors (Lipinski definition) is 0. The Morgan fingerprint density at radius 2 is 1.55 bits per heavy atom. The summed E-state index contributed by atoms with van der Waals surface area (Å²) in [5, 5.41) is 0. The molecule has 0 bridgehead atoms. The SMILES string of the molecule is COC1=CCCC=C1c1ccc(B(C)N2CCC(N3CCC(C)CC3)CC2)cc1. The molecule has 156 valence electrons. The Balaban J connectivity index is 1.34. The van der Waals surface area contributed by atoms with Crippen LogP contribution < -0.4 is 5.46 Å². The molecule has 4 rings (SSSR count). The summed E-state index contributed by atoms with van der Waals surface area (Å²) in [6.07, 6.45) is 12.1. The van der Waals surface area contributed by atoms with Crippen molar-refractivity contribution in [2.75, 3.05) is 33.3 Å². The average Bonchev–Trinajstić information content (AvgIpc) is 2.79. The highest BCUT2D eigenvalue weighted by Gasteiger charge is 2.30. The van der Waals surface area contributed by atoms with Gasteiger partial charge in [0.1, 0.15) is 5.76 Å². The summed E-state index contributed by atoms with van der Waals surface area (Å²) in [6.45, 7) is 10.3. The first-order valence-electron chi connectivity index (χ1n) is 11.7. The molecule has 2 heterocycles. The van der Waals surface area contributed by atoms with Crippen molar-refractivity contribution in [3.63, 3.8) is 0 Å². The summed E-state index contributed by atoms with van der Waals surface area (Å²) in [4.78, 5) is 5.45. The number of allylic oxidation sites excluding steroid dienone is 3. The molecule has 1 aromatic rings. The molecule has 2 aliphatic heterocycles. The minimum Gasteiger partial charge on any atom is -0.496 e. The Bertz CT molecular complexity index is 726. The van der Waals surface area contributed by atoms with E-state index in [-0.39, 0.29) is 0 Å². The van der Waals surface area contributed by atoms with E-state index >= 15 is 0 Å². The first-order chi connectivity index (χ1) is 14.2. The van der Waals surface area contributed by atoms with Crippen molar-refractivity contribution in [3.8, 4) is 0 Å². The van der Waals surface area contributed by atoms with Crippen LogP contribution >= 0.6 is 0 Å². The number of piperidine rings is 2. The van der Waals surface area contributed by atoms with E-state index in [0.717, 1.165) is 30.6 Å². The van der Waals surface area contributed by atoms with Gasteiger partial charge < -0.3 is 14.4 Å². The summed E-state index contributed by atoms with van der Waals surface area (Å²) in [6, 6.07) is 10.0. The lowest BCUT2D eigenvalue weighted by Gasteiger charge is -2.42. The van der Waals surface area contributed by atoms with Gasteiger partial charge in [-0.15, -0.1) is 0 Å². The second kappa shape index (κ2) is 9.53. The molecule has 29 heavy (non-hydrogen) atoms. The van der Waals surface area contributed by atoms with Gasteiger partial charge in [-0.3, -0.25) is 0 Å². The largest absolute Gasteiger partial charge is 0.496 e. The zero-order valence-corrected chi connectivity index (χ0v) is 18.6. The van der Waals surface area contributed by atoms with Crippen LogP contribution in [0.4, 0.5) is 0 Å². The molecule has 4 heteroatoms. The third-order valence-electron chi connectivity index (χ3n) is 7.42. The number of nitrogens with zero attached hydrogens (tertiary/aromatic N) is 2. The third kappa shape index (κ3) is 4.80. The summed E-state index contributed by atoms with van der Waals surface area (Å²) in [5.74, 6) is 1.94. The van der Waals surface area contributed by atoms with Crippen molar-refractivity contribution in [1.29, 1.82) is 0 Å². The van der Waals surface area contributed by atoms with Crippen LogP contribution in [0.5, 0.6) is 0 Å². The van der Waals surface area contributed by atoms with E-state index in [1.165, 1.54) is 68.5 Å². The molecule has 3 nitrogen and oxygen atoms in total. The van der Waals surface area contributed by atoms with Crippen LogP contribution in [0, 0.1) is 5.92 Å². The Labute approximate surface area is 177 Å². The predicted octanol–water partition coefficient (Wildman–Crippen LogP) is 4.42. The highest BCUT2D eigenvalue weighted by atomic mass is 16.5. The van der Waals surface area contributed by atoms with Crippen molar-refractivity contribution in [2.45, 2.75) is 58.3 Å². The van der Waals surface area contributed by atoms with Gasteiger partial charge in [0.05, 0.1) is 7.11 Å². The minimum absolute atomic E-state index is 0.490. The van der Waals surface area contributed by atoms with Crippen molar-refractivity contribution < 1.29 is 4.74 Å². The fraction of sp³-hybridized carbons (Fsp3) is 0.600. The zero-order chi connectivity index (χ0) is 20.2. The molecule has 0 aromatic heterocycles. The predicted molar refractivity (Wildman–Crippen MR) is 125 cm³/mol. The fourth-order valence-corrected chi connectivity index (χ4v) is 5.29. The molecule has 1 aliphatic carbocycles. The van der Waals surface area contributed by atoms with Crippen LogP contribution in [0.25, 0.3) is 5.57 Å². The Kier molecular flexibility index (Phi) is 6.82. The number of rotatable bonds is 5. The van der Waals surface area contributed by atoms with Crippen molar-refractivity contribution in [3.05, 3.63) is 47.7 Å². The van der Waals surface area contributed by atoms with Gasteiger partial charge >= 0.3 is 0 Å². The van der Waals surface area contributed by atoms with Crippen LogP contribution in [0.2, 0.25) is 6.82 Å². The van der Waals surface area contributed by atoms with Gasteiger partial charge in [-0.2, -0.15) is 0 Å². The van der Waals surface area contributed by atoms with E-state index in [1.807, 2.05) is 0 Å². The summed E-state index contributed by atoms with van der Waals surface area (Å²) in [5.41, 5.74) is 3.94. The van der Waals surface area contributed by atoms with Crippen LogP contribution in [0.15, 0.2) is 42.2 Å². The molecule has 0 N–H and O–H groups in total. The molecule has 0 radical (unpaired) electrons. The molecule has 2 saturated heterocycles. The summed E-state index contributed by atoms with van der Waals surface area (Å²) < 4.78 is 5.58. The molecule has 0 saturated carbocycles. The van der Waals surface area contributed by atoms with Gasteiger partial charge in [-0.25, -0.2) is 0 Å². The maximum absolute atomic E-state index is 5.58. The summed E-state index contributed by atoms with van der Waals surface area (Å²) in [7, 11) is 1.77. The third-order valence-corrected chi connectivity index (χ3v) is 7.42. The highest BCUT2D eigenvalue weighted by Crippen LogP contribution is 2.28. The highest BCUT2D eigenvalue weighted by molar-refractivity contribution is 6.69. The van der Waals surface area contributed by atoms with Crippen LogP contribution in [-0.4, -0.2) is 55.9 Å². The van der Waals surface area contributed by atoms with Gasteiger partial charge in [0.2, 0.25) is 0 Å². The molecular formula is C25H37BN2O. The number of benzene rings is 1. The average molecular weight is 392 g/mol. The molecule has 0 unspecified atom stereocenters. The van der Waals surface area contributed by atoms with Gasteiger partial charge in [0, 0.05) is 11.6 Å². The van der Waals surface area contributed by atoms with E-state index in [9.17, 15) is 0 Å². The second-order valence-electron chi connectivity index (χ2n) is 9.25. The lowest BCUT2D eigenvalue weighted by Crippen LogP contribution is -2.53. The van der Waals surface area contributed by atoms with Gasteiger partial charge in [-0.05, 0) is 82.3 Å². The summed E-state index contributed by atoms with van der Waals surface area (Å²) >= 11 is 0. The quantitative estimate of drug-likeness (QED) is 0.690. The molecule has 0 amide bonds. The van der Waals surface area contributed by atoms with E-state index in [1.54, 1.807) is 7.11 Å². The van der Waals surface area contributed by atoms with E-state index in [0.29, 0.717) is 6.85 Å². The molecule has 0 spiro atoms. The first kappa shape index (κ1) is 20.7. The maximum atomic E-state index is 5.58. The number of hydrogen-bond acceptors (Lipinski definition) is 3. The smallest absolute Gasteiger partial charge is 0.254 e. The molecular weight excluding hydrogens is 355 g/mol. The van der Waals surface area contributed by atoms with Gasteiger partial charge in [0.25, 0.3) is 6.85 Å². The van der Waals surface area contributed by atoms with Crippen LogP contribution in [0.1, 0.15) is 51.0 Å². The van der Waals surface area contributed by atoms with Crippen LogP contribution in [0.3, 0.4) is 0 Å². The molecule has 2 fully saturated rings. The van der Waals surface area contributed by atoms with Gasteiger partial charge in [0.15, 0.2) is 0 Å². The zero-order valence-electron chi connectivity index (χ0n) is 18.6. The van der Waals surface area contributed by atoms with E-state index in [4.69, 9.17) is 4.74 Å². The molecule has 3 aliphatic rings. The number of methoxy groups -OCH3 is 1. The Hall–Kier alpha value is -1.52. The monoisotopic (exact) mass is 392 g/mol. The van der Waals surface area contributed by atoms with Crippen LogP contribution in [-0.2, 0) is 4.74 Å². The maximum Gasteiger partial charge on any atom is 0.254 e. The van der Waals surface area contributed by atoms with Gasteiger partial charge in [-0.1, -0.05) is 49.6 Å². The second-order valence-corrected chi connectivity index (χ2v) is 9.25. The Morgan fingerprint density at radius 3 is 2.21 bits per heavy atom. The molecule has 0 atom stereocenters. The lowest BCUT2D eigenvalue weighted by atomic mass is 9.56. The van der Waals surface area contributed by atoms with Crippen molar-refractivity contribution in [2.24, 2.45) is 5.92 Å². The first-order valence-corrected chi connectivity index (χ1v) is 11.7. The number of ether oxygens (including phenoxy) is 1. The van der Waals surface area contributed by atoms with E-state index < -0.39 is 0 Å². The van der Waals surface area contributed by atoms with Crippen molar-refractivity contribution in [1.82, 2.24) is 9.71 Å². The fourth-order valence-electron chi connectivity index (χ4n) is 5.29. The van der Waals surface area contributed by atoms with E-state index in [2.05, 4.69) is 59.9 Å². The topological polar surface area (TPSA) is 15.7 Å². The normalized spacial score (nSPS) is 22.9. The lowest BCUT2D eigenvalue weighted by molar-refractivity contribution is 0.100. The number of likely N-dealkylation sites (tertiary alicyclic amines) is 1. The standard InChI is InChI=1S/C25H37BN2O/c1-20-12-16-27(17-13-20)23-14-18-28(19-15-23)26(2)22-10-8-21(9-11-22)24-6-4-5-7-25(24)29-3/h6-11,20,23H,4-5,12-19H2,1-3H3. The molecule has 1 aromatic carbocycles. The minimum atomic E-state index is 0.490. The Morgan fingerprint density at radius 1 is 0.897 bits per heavy atom.